The summed E-state index contributed by atoms with van der Waals surface area (Å²) < 4.78 is 3.65. The molecule has 4 rings (SSSR count). The van der Waals surface area contributed by atoms with Gasteiger partial charge in [-0.25, -0.2) is 19.3 Å². The Labute approximate surface area is 133 Å². The molecule has 0 aliphatic heterocycles. The summed E-state index contributed by atoms with van der Waals surface area (Å²) >= 11 is 0. The zero-order valence-electron chi connectivity index (χ0n) is 12.3. The summed E-state index contributed by atoms with van der Waals surface area (Å²) in [5.74, 6) is 1.64. The number of nitrogens with zero attached hydrogens (tertiary/aromatic N) is 6. The van der Waals surface area contributed by atoms with E-state index >= 15 is 0 Å². The molecule has 0 amide bonds. The van der Waals surface area contributed by atoms with Gasteiger partial charge in [-0.1, -0.05) is 36.4 Å². The minimum atomic E-state index is 0.545. The lowest BCUT2D eigenvalue weighted by Crippen LogP contribution is -2.09. The van der Waals surface area contributed by atoms with E-state index in [1.165, 1.54) is 0 Å². The lowest BCUT2D eigenvalue weighted by atomic mass is 10.3. The lowest BCUT2D eigenvalue weighted by molar-refractivity contribution is 0.756. The predicted molar refractivity (Wildman–Crippen MR) is 85.5 cm³/mol. The highest BCUT2D eigenvalue weighted by Gasteiger charge is 2.12. The van der Waals surface area contributed by atoms with E-state index in [2.05, 4.69) is 20.2 Å². The molecule has 0 saturated carbocycles. The quantitative estimate of drug-likeness (QED) is 0.581. The molecule has 0 N–H and O–H groups in total. The first-order valence-electron chi connectivity index (χ1n) is 7.30. The first-order valence-corrected chi connectivity index (χ1v) is 7.30. The average Bonchev–Trinajstić information content (AvgIpc) is 3.26. The molecule has 0 saturated heterocycles. The third-order valence-electron chi connectivity index (χ3n) is 3.55. The van der Waals surface area contributed by atoms with Crippen LogP contribution >= 0.6 is 0 Å². The van der Waals surface area contributed by atoms with Crippen LogP contribution in [0.25, 0.3) is 11.4 Å². The van der Waals surface area contributed by atoms with Gasteiger partial charge in [0.15, 0.2) is 0 Å². The van der Waals surface area contributed by atoms with Crippen molar-refractivity contribution >= 4 is 0 Å². The van der Waals surface area contributed by atoms with Crippen molar-refractivity contribution in [2.45, 2.75) is 6.42 Å². The van der Waals surface area contributed by atoms with Crippen molar-refractivity contribution in [1.29, 1.82) is 0 Å². The van der Waals surface area contributed by atoms with Gasteiger partial charge >= 0.3 is 0 Å². The monoisotopic (exact) mass is 302 g/mol. The predicted octanol–water partition coefficient (Wildman–Crippen LogP) is 2.44. The van der Waals surface area contributed by atoms with Crippen LogP contribution in [0.4, 0.5) is 0 Å². The van der Waals surface area contributed by atoms with Gasteiger partial charge in [0.25, 0.3) is 0 Å². The Kier molecular flexibility index (Phi) is 3.40. The van der Waals surface area contributed by atoms with Crippen LogP contribution in [-0.4, -0.2) is 29.5 Å². The van der Waals surface area contributed by atoms with E-state index in [4.69, 9.17) is 0 Å². The van der Waals surface area contributed by atoms with E-state index in [0.717, 1.165) is 23.0 Å². The minimum absolute atomic E-state index is 0.545. The molecule has 4 aromatic rings. The number of benzene rings is 2. The Morgan fingerprint density at radius 2 is 1.04 bits per heavy atom. The van der Waals surface area contributed by atoms with Crippen molar-refractivity contribution in [2.24, 2.45) is 0 Å². The minimum Gasteiger partial charge on any atom is -0.219 e. The number of aromatic nitrogens is 6. The molecule has 0 aliphatic rings. The summed E-state index contributed by atoms with van der Waals surface area (Å²) in [6.07, 6.45) is 3.67. The van der Waals surface area contributed by atoms with E-state index in [-0.39, 0.29) is 0 Å². The standard InChI is InChI=1S/C17H14N6/c1-3-7-14(8-4-1)22-16(18-12-20-22)11-17-19-13-21-23(17)15-9-5-2-6-10-15/h1-10,12-13H,11H2. The second-order valence-electron chi connectivity index (χ2n) is 5.02. The number of hydrogen-bond donors (Lipinski definition) is 0. The molecule has 0 aliphatic carbocycles. The molecule has 0 spiro atoms. The zero-order valence-corrected chi connectivity index (χ0v) is 12.3. The highest BCUT2D eigenvalue weighted by Crippen LogP contribution is 2.13. The Morgan fingerprint density at radius 1 is 0.609 bits per heavy atom. The van der Waals surface area contributed by atoms with Crippen LogP contribution in [0.2, 0.25) is 0 Å². The van der Waals surface area contributed by atoms with Crippen LogP contribution in [-0.2, 0) is 6.42 Å². The fraction of sp³-hybridized carbons (Fsp3) is 0.0588. The Balaban J connectivity index is 1.69. The normalized spacial score (nSPS) is 10.8. The van der Waals surface area contributed by atoms with E-state index in [1.54, 1.807) is 12.7 Å². The largest absolute Gasteiger partial charge is 0.219 e. The SMILES string of the molecule is c1ccc(-n2ncnc2Cc2ncnn2-c2ccccc2)cc1. The smallest absolute Gasteiger partial charge is 0.140 e. The first kappa shape index (κ1) is 13.4. The number of hydrogen-bond acceptors (Lipinski definition) is 4. The van der Waals surface area contributed by atoms with Crippen LogP contribution in [0.15, 0.2) is 73.3 Å². The van der Waals surface area contributed by atoms with Crippen molar-refractivity contribution in [3.05, 3.63) is 85.0 Å². The Morgan fingerprint density at radius 3 is 1.48 bits per heavy atom. The van der Waals surface area contributed by atoms with E-state index < -0.39 is 0 Å². The molecule has 2 aromatic carbocycles. The van der Waals surface area contributed by atoms with E-state index in [1.807, 2.05) is 70.0 Å². The molecule has 0 bridgehead atoms. The summed E-state index contributed by atoms with van der Waals surface area (Å²) in [7, 11) is 0. The number of rotatable bonds is 4. The summed E-state index contributed by atoms with van der Waals surface area (Å²) in [4.78, 5) is 8.75. The van der Waals surface area contributed by atoms with Crippen molar-refractivity contribution in [3.8, 4) is 11.4 Å². The van der Waals surface area contributed by atoms with Crippen LogP contribution in [0, 0.1) is 0 Å². The van der Waals surface area contributed by atoms with E-state index in [9.17, 15) is 0 Å². The van der Waals surface area contributed by atoms with Gasteiger partial charge in [-0.3, -0.25) is 0 Å². The fourth-order valence-corrected chi connectivity index (χ4v) is 2.48. The van der Waals surface area contributed by atoms with Gasteiger partial charge < -0.3 is 0 Å². The fourth-order valence-electron chi connectivity index (χ4n) is 2.48. The molecule has 0 fully saturated rings. The maximum Gasteiger partial charge on any atom is 0.140 e. The summed E-state index contributed by atoms with van der Waals surface area (Å²) in [6.45, 7) is 0. The number of para-hydroxylation sites is 2. The van der Waals surface area contributed by atoms with Crippen LogP contribution in [0.1, 0.15) is 11.6 Å². The molecule has 0 atom stereocenters. The van der Waals surface area contributed by atoms with Gasteiger partial charge in [-0.05, 0) is 24.3 Å². The third-order valence-corrected chi connectivity index (χ3v) is 3.55. The van der Waals surface area contributed by atoms with E-state index in [0.29, 0.717) is 6.42 Å². The van der Waals surface area contributed by atoms with Gasteiger partial charge in [-0.2, -0.15) is 10.2 Å². The van der Waals surface area contributed by atoms with Gasteiger partial charge in [0, 0.05) is 0 Å². The van der Waals surface area contributed by atoms with Crippen molar-refractivity contribution < 1.29 is 0 Å². The highest BCUT2D eigenvalue weighted by molar-refractivity contribution is 5.33. The zero-order chi connectivity index (χ0) is 15.5. The van der Waals surface area contributed by atoms with Gasteiger partial charge in [0.05, 0.1) is 17.8 Å². The maximum absolute atomic E-state index is 4.37. The van der Waals surface area contributed by atoms with Crippen molar-refractivity contribution in [1.82, 2.24) is 29.5 Å². The first-order chi connectivity index (χ1) is 11.4. The molecule has 0 radical (unpaired) electrons. The molecule has 2 heterocycles. The molecule has 112 valence electrons. The molecule has 6 heteroatoms. The maximum atomic E-state index is 4.37. The Bertz CT molecular complexity index is 819. The molecule has 6 nitrogen and oxygen atoms in total. The molecule has 0 unspecified atom stereocenters. The Hall–Kier alpha value is -3.28. The molecular weight excluding hydrogens is 288 g/mol. The van der Waals surface area contributed by atoms with Crippen LogP contribution in [0.5, 0.6) is 0 Å². The highest BCUT2D eigenvalue weighted by atomic mass is 15.4. The molecular formula is C17H14N6. The third kappa shape index (κ3) is 2.62. The topological polar surface area (TPSA) is 61.4 Å². The van der Waals surface area contributed by atoms with Gasteiger partial charge in [0.2, 0.25) is 0 Å². The van der Waals surface area contributed by atoms with Gasteiger partial charge in [-0.15, -0.1) is 0 Å². The second kappa shape index (κ2) is 5.84. The summed E-state index contributed by atoms with van der Waals surface area (Å²) in [5, 5.41) is 8.63. The average molecular weight is 302 g/mol. The van der Waals surface area contributed by atoms with Crippen LogP contribution in [0.3, 0.4) is 0 Å². The second-order valence-corrected chi connectivity index (χ2v) is 5.02. The van der Waals surface area contributed by atoms with Crippen molar-refractivity contribution in [2.75, 3.05) is 0 Å². The van der Waals surface area contributed by atoms with Gasteiger partial charge in [0.1, 0.15) is 24.3 Å². The summed E-state index contributed by atoms with van der Waals surface area (Å²) in [6, 6.07) is 19.9. The molecule has 2 aromatic heterocycles. The summed E-state index contributed by atoms with van der Waals surface area (Å²) in [5.41, 5.74) is 1.96. The lowest BCUT2D eigenvalue weighted by Gasteiger charge is -2.07. The van der Waals surface area contributed by atoms with Crippen LogP contribution < -0.4 is 0 Å². The molecule has 23 heavy (non-hydrogen) atoms. The van der Waals surface area contributed by atoms with Crippen molar-refractivity contribution in [3.63, 3.8) is 0 Å².